The summed E-state index contributed by atoms with van der Waals surface area (Å²) >= 11 is 0. The highest BCUT2D eigenvalue weighted by Crippen LogP contribution is 2.18. The molecule has 0 spiro atoms. The molecule has 4 heteroatoms. The molecule has 408 valence electrons. The number of hydrogen-bond donors (Lipinski definition) is 3. The lowest BCUT2D eigenvalue weighted by atomic mass is 10.0. The van der Waals surface area contributed by atoms with Crippen LogP contribution in [0.3, 0.4) is 0 Å². The van der Waals surface area contributed by atoms with E-state index in [-0.39, 0.29) is 12.5 Å². The third-order valence-electron chi connectivity index (χ3n) is 14.2. The van der Waals surface area contributed by atoms with Crippen LogP contribution in [0.2, 0.25) is 0 Å². The molecule has 0 bridgehead atoms. The summed E-state index contributed by atoms with van der Waals surface area (Å²) in [7, 11) is 0. The van der Waals surface area contributed by atoms with Crippen molar-refractivity contribution in [2.75, 3.05) is 6.61 Å². The SMILES string of the molecule is CC/C=C\C/C=C\C/C=C\C/C=C\C/C=C\CCCCCCCCCCCCCCCCCCCC(=O)NC(CO)C(O)/C=C/CCCCCCCCCCCCCCCCCCCCCCCCC. The normalized spacial score (nSPS) is 13.3. The zero-order valence-corrected chi connectivity index (χ0v) is 47.0. The average Bonchev–Trinajstić information content (AvgIpc) is 3.36. The maximum atomic E-state index is 12.5. The summed E-state index contributed by atoms with van der Waals surface area (Å²) in [5.41, 5.74) is 0. The first-order valence-electron chi connectivity index (χ1n) is 31.2. The molecule has 0 saturated heterocycles. The Morgan fingerprint density at radius 2 is 0.629 bits per heavy atom. The third-order valence-corrected chi connectivity index (χ3v) is 14.2. The van der Waals surface area contributed by atoms with Crippen LogP contribution in [0.15, 0.2) is 72.9 Å². The van der Waals surface area contributed by atoms with E-state index < -0.39 is 12.1 Å². The van der Waals surface area contributed by atoms with Crippen LogP contribution in [0.25, 0.3) is 0 Å². The largest absolute Gasteiger partial charge is 0.394 e. The Morgan fingerprint density at radius 1 is 0.357 bits per heavy atom. The van der Waals surface area contributed by atoms with E-state index in [1.165, 1.54) is 244 Å². The minimum Gasteiger partial charge on any atom is -0.394 e. The minimum atomic E-state index is -0.842. The number of unbranched alkanes of at least 4 members (excludes halogenated alkanes) is 40. The summed E-state index contributed by atoms with van der Waals surface area (Å²) in [5, 5.41) is 23.2. The number of carbonyl (C=O) groups is 1. The molecule has 0 aromatic rings. The topological polar surface area (TPSA) is 69.6 Å². The van der Waals surface area contributed by atoms with Crippen LogP contribution < -0.4 is 5.32 Å². The van der Waals surface area contributed by atoms with Gasteiger partial charge in [0.25, 0.3) is 0 Å². The van der Waals surface area contributed by atoms with Gasteiger partial charge in [0.15, 0.2) is 0 Å². The van der Waals surface area contributed by atoms with Crippen LogP contribution in [0.4, 0.5) is 0 Å². The number of amides is 1. The van der Waals surface area contributed by atoms with E-state index in [0.29, 0.717) is 6.42 Å². The maximum absolute atomic E-state index is 12.5. The minimum absolute atomic E-state index is 0.0608. The van der Waals surface area contributed by atoms with Gasteiger partial charge in [0.2, 0.25) is 5.91 Å². The van der Waals surface area contributed by atoms with Crippen molar-refractivity contribution in [3.05, 3.63) is 72.9 Å². The molecule has 0 aromatic carbocycles. The first-order chi connectivity index (χ1) is 34.7. The fraction of sp³-hybridized carbons (Fsp3) is 0.803. The summed E-state index contributed by atoms with van der Waals surface area (Å²) in [4.78, 5) is 12.5. The van der Waals surface area contributed by atoms with Crippen molar-refractivity contribution in [1.29, 1.82) is 0 Å². The molecule has 0 rings (SSSR count). The molecular formula is C66H121NO3. The molecule has 0 radical (unpaired) electrons. The van der Waals surface area contributed by atoms with Gasteiger partial charge in [-0.25, -0.2) is 0 Å². The summed E-state index contributed by atoms with van der Waals surface area (Å²) in [5.74, 6) is -0.0608. The molecule has 4 nitrogen and oxygen atoms in total. The van der Waals surface area contributed by atoms with Gasteiger partial charge in [-0.05, 0) is 64.2 Å². The van der Waals surface area contributed by atoms with E-state index in [1.807, 2.05) is 6.08 Å². The molecule has 0 fully saturated rings. The van der Waals surface area contributed by atoms with Crippen molar-refractivity contribution in [2.24, 2.45) is 0 Å². The predicted octanol–water partition coefficient (Wildman–Crippen LogP) is 20.9. The third kappa shape index (κ3) is 56.7. The second kappa shape index (κ2) is 61.1. The highest BCUT2D eigenvalue weighted by Gasteiger charge is 2.18. The standard InChI is InChI=1S/C66H121NO3/c1-3-5-7-9-11-13-15-17-19-21-23-25-27-29-30-31-32-33-34-35-36-38-40-42-44-46-48-50-52-54-56-58-60-62-66(70)67-64(63-68)65(69)61-59-57-55-53-51-49-47-45-43-41-39-37-28-26-24-22-20-18-16-14-12-10-8-6-4-2/h5,7,11,13,17,19,23,25,29-30,59,61,64-65,68-69H,3-4,6,8-10,12,14-16,18,20-22,24,26-28,31-58,60,62-63H2,1-2H3,(H,67,70)/b7-5-,13-11-,19-17-,25-23-,30-29-,61-59+. The van der Waals surface area contributed by atoms with Gasteiger partial charge < -0.3 is 15.5 Å². The first kappa shape index (κ1) is 67.8. The van der Waals surface area contributed by atoms with E-state index in [0.717, 1.165) is 57.8 Å². The molecule has 2 atom stereocenters. The Kier molecular flexibility index (Phi) is 59.2. The van der Waals surface area contributed by atoms with Gasteiger partial charge in [-0.2, -0.15) is 0 Å². The van der Waals surface area contributed by atoms with E-state index in [9.17, 15) is 15.0 Å². The monoisotopic (exact) mass is 976 g/mol. The Bertz CT molecular complexity index is 1200. The zero-order chi connectivity index (χ0) is 50.6. The molecule has 0 aliphatic heterocycles. The highest BCUT2D eigenvalue weighted by atomic mass is 16.3. The van der Waals surface area contributed by atoms with Crippen molar-refractivity contribution in [1.82, 2.24) is 5.32 Å². The average molecular weight is 977 g/mol. The van der Waals surface area contributed by atoms with Gasteiger partial charge in [-0.3, -0.25) is 4.79 Å². The van der Waals surface area contributed by atoms with Gasteiger partial charge in [0.05, 0.1) is 18.8 Å². The summed E-state index contributed by atoms with van der Waals surface area (Å²) in [6, 6.07) is -0.625. The van der Waals surface area contributed by atoms with E-state index >= 15 is 0 Å². The van der Waals surface area contributed by atoms with Crippen LogP contribution in [0.1, 0.15) is 322 Å². The first-order valence-corrected chi connectivity index (χ1v) is 31.2. The predicted molar refractivity (Wildman–Crippen MR) is 313 cm³/mol. The lowest BCUT2D eigenvalue weighted by Crippen LogP contribution is -2.45. The van der Waals surface area contributed by atoms with E-state index in [4.69, 9.17) is 0 Å². The van der Waals surface area contributed by atoms with Crippen molar-refractivity contribution < 1.29 is 15.0 Å². The molecule has 0 aliphatic rings. The molecule has 70 heavy (non-hydrogen) atoms. The van der Waals surface area contributed by atoms with Crippen LogP contribution in [0, 0.1) is 0 Å². The van der Waals surface area contributed by atoms with Crippen LogP contribution in [0.5, 0.6) is 0 Å². The summed E-state index contributed by atoms with van der Waals surface area (Å²) < 4.78 is 0. The summed E-state index contributed by atoms with van der Waals surface area (Å²) in [6.07, 6.45) is 88.0. The maximum Gasteiger partial charge on any atom is 0.220 e. The zero-order valence-electron chi connectivity index (χ0n) is 47.0. The molecule has 0 aliphatic carbocycles. The van der Waals surface area contributed by atoms with Gasteiger partial charge in [0.1, 0.15) is 0 Å². The number of hydrogen-bond acceptors (Lipinski definition) is 3. The van der Waals surface area contributed by atoms with E-state index in [2.05, 4.69) is 79.9 Å². The Balaban J connectivity index is 3.47. The highest BCUT2D eigenvalue weighted by molar-refractivity contribution is 5.76. The second-order valence-corrected chi connectivity index (χ2v) is 21.1. The van der Waals surface area contributed by atoms with Crippen molar-refractivity contribution in [3.63, 3.8) is 0 Å². The molecular weight excluding hydrogens is 855 g/mol. The lowest BCUT2D eigenvalue weighted by Gasteiger charge is -2.20. The van der Waals surface area contributed by atoms with Crippen LogP contribution >= 0.6 is 0 Å². The number of aliphatic hydroxyl groups is 2. The van der Waals surface area contributed by atoms with Gasteiger partial charge in [0, 0.05) is 6.42 Å². The molecule has 2 unspecified atom stereocenters. The number of allylic oxidation sites excluding steroid dienone is 11. The van der Waals surface area contributed by atoms with Crippen molar-refractivity contribution in [3.8, 4) is 0 Å². The van der Waals surface area contributed by atoms with Crippen molar-refractivity contribution >= 4 is 5.91 Å². The molecule has 3 N–H and O–H groups in total. The van der Waals surface area contributed by atoms with Crippen molar-refractivity contribution in [2.45, 2.75) is 334 Å². The number of nitrogens with one attached hydrogen (secondary N) is 1. The summed E-state index contributed by atoms with van der Waals surface area (Å²) in [6.45, 7) is 4.22. The Morgan fingerprint density at radius 3 is 0.943 bits per heavy atom. The van der Waals surface area contributed by atoms with Crippen LogP contribution in [-0.4, -0.2) is 34.9 Å². The molecule has 0 heterocycles. The molecule has 1 amide bonds. The number of aliphatic hydroxyl groups excluding tert-OH is 2. The molecule has 0 saturated carbocycles. The second-order valence-electron chi connectivity index (χ2n) is 21.1. The Hall–Kier alpha value is -2.17. The fourth-order valence-corrected chi connectivity index (χ4v) is 9.50. The van der Waals surface area contributed by atoms with Crippen LogP contribution in [-0.2, 0) is 4.79 Å². The fourth-order valence-electron chi connectivity index (χ4n) is 9.50. The van der Waals surface area contributed by atoms with Gasteiger partial charge in [-0.15, -0.1) is 0 Å². The van der Waals surface area contributed by atoms with Gasteiger partial charge >= 0.3 is 0 Å². The number of rotatable bonds is 57. The quantitative estimate of drug-likeness (QED) is 0.0420. The lowest BCUT2D eigenvalue weighted by molar-refractivity contribution is -0.123. The van der Waals surface area contributed by atoms with Gasteiger partial charge in [-0.1, -0.05) is 324 Å². The number of carbonyl (C=O) groups excluding carboxylic acids is 1. The van der Waals surface area contributed by atoms with E-state index in [1.54, 1.807) is 6.08 Å². The smallest absolute Gasteiger partial charge is 0.220 e. The Labute approximate surface area is 438 Å². The molecule has 0 aromatic heterocycles.